The van der Waals surface area contributed by atoms with Crippen molar-refractivity contribution in [2.24, 2.45) is 5.73 Å². The summed E-state index contributed by atoms with van der Waals surface area (Å²) in [5.41, 5.74) is 9.23. The Hall–Kier alpha value is -3.27. The SMILES string of the molecule is CS(=O)(=O)O.NC(=O)C(NCc1ccc(NCc2cccc(F)c2)cc1)c1ccccc1. The van der Waals surface area contributed by atoms with E-state index in [0.29, 0.717) is 19.3 Å². The van der Waals surface area contributed by atoms with Crippen LogP contribution in [0.3, 0.4) is 0 Å². The van der Waals surface area contributed by atoms with Crippen molar-refractivity contribution in [2.45, 2.75) is 19.1 Å². The Labute approximate surface area is 187 Å². The molecule has 3 rings (SSSR count). The van der Waals surface area contributed by atoms with Gasteiger partial charge in [-0.1, -0.05) is 54.6 Å². The number of carbonyl (C=O) groups is 1. The quantitative estimate of drug-likeness (QED) is 0.384. The third-order valence-corrected chi connectivity index (χ3v) is 4.27. The lowest BCUT2D eigenvalue weighted by atomic mass is 10.1. The zero-order chi connectivity index (χ0) is 23.6. The van der Waals surface area contributed by atoms with Gasteiger partial charge in [0.1, 0.15) is 11.9 Å². The predicted molar refractivity (Wildman–Crippen MR) is 123 cm³/mol. The summed E-state index contributed by atoms with van der Waals surface area (Å²) in [4.78, 5) is 11.7. The number of amides is 1. The van der Waals surface area contributed by atoms with Gasteiger partial charge in [0.25, 0.3) is 10.1 Å². The number of benzene rings is 3. The number of rotatable bonds is 8. The van der Waals surface area contributed by atoms with Gasteiger partial charge >= 0.3 is 0 Å². The first-order chi connectivity index (χ1) is 15.1. The van der Waals surface area contributed by atoms with Gasteiger partial charge in [-0.05, 0) is 41.0 Å². The third kappa shape index (κ3) is 9.69. The molecule has 1 amide bonds. The second-order valence-corrected chi connectivity index (χ2v) is 8.51. The number of anilines is 1. The molecule has 32 heavy (non-hydrogen) atoms. The van der Waals surface area contributed by atoms with Crippen LogP contribution in [-0.4, -0.2) is 25.1 Å². The summed E-state index contributed by atoms with van der Waals surface area (Å²) in [6.07, 6.45) is 0.715. The second kappa shape index (κ2) is 11.9. The number of nitrogens with one attached hydrogen (secondary N) is 2. The Morgan fingerprint density at radius 2 is 1.59 bits per heavy atom. The van der Waals surface area contributed by atoms with Crippen molar-refractivity contribution < 1.29 is 22.2 Å². The maximum Gasteiger partial charge on any atom is 0.261 e. The first-order valence-corrected chi connectivity index (χ1v) is 11.5. The summed E-state index contributed by atoms with van der Waals surface area (Å²) >= 11 is 0. The molecule has 0 radical (unpaired) electrons. The van der Waals surface area contributed by atoms with Crippen molar-refractivity contribution >= 4 is 21.7 Å². The number of halogens is 1. The molecule has 0 heterocycles. The summed E-state index contributed by atoms with van der Waals surface area (Å²) in [6.45, 7) is 1.07. The van der Waals surface area contributed by atoms with Crippen LogP contribution in [0.4, 0.5) is 10.1 Å². The Balaban J connectivity index is 0.000000654. The Morgan fingerprint density at radius 1 is 0.969 bits per heavy atom. The lowest BCUT2D eigenvalue weighted by Crippen LogP contribution is -2.33. The molecule has 0 fully saturated rings. The fourth-order valence-corrected chi connectivity index (χ4v) is 2.84. The van der Waals surface area contributed by atoms with Gasteiger partial charge in [-0.25, -0.2) is 4.39 Å². The van der Waals surface area contributed by atoms with Crippen molar-refractivity contribution in [3.05, 3.63) is 101 Å². The van der Waals surface area contributed by atoms with Crippen molar-refractivity contribution in [3.8, 4) is 0 Å². The molecule has 0 aromatic heterocycles. The van der Waals surface area contributed by atoms with Crippen molar-refractivity contribution in [2.75, 3.05) is 11.6 Å². The average Bonchev–Trinajstić information content (AvgIpc) is 2.73. The van der Waals surface area contributed by atoms with Crippen LogP contribution in [0.1, 0.15) is 22.7 Å². The normalized spacial score (nSPS) is 11.7. The van der Waals surface area contributed by atoms with Gasteiger partial charge in [-0.15, -0.1) is 0 Å². The Morgan fingerprint density at radius 3 is 2.16 bits per heavy atom. The minimum atomic E-state index is -3.67. The molecular formula is C23H26FN3O4S. The van der Waals surface area contributed by atoms with Crippen LogP contribution in [0, 0.1) is 5.82 Å². The standard InChI is InChI=1S/C22H22FN3O.CH4O3S/c23-19-8-4-5-17(13-19)15-25-20-11-9-16(10-12-20)14-26-21(22(24)27)18-6-2-1-3-7-18;1-5(2,3)4/h1-13,21,25-26H,14-15H2,(H2,24,27);1H3,(H,2,3,4). The highest BCUT2D eigenvalue weighted by Crippen LogP contribution is 2.15. The number of nitrogens with two attached hydrogens (primary N) is 1. The summed E-state index contributed by atoms with van der Waals surface area (Å²) in [7, 11) is -3.67. The van der Waals surface area contributed by atoms with Crippen molar-refractivity contribution in [1.29, 1.82) is 0 Å². The van der Waals surface area contributed by atoms with Gasteiger partial charge in [-0.2, -0.15) is 8.42 Å². The van der Waals surface area contributed by atoms with Crippen LogP contribution in [0.2, 0.25) is 0 Å². The summed E-state index contributed by atoms with van der Waals surface area (Å²) in [6, 6.07) is 23.3. The average molecular weight is 460 g/mol. The van der Waals surface area contributed by atoms with Crippen molar-refractivity contribution in [1.82, 2.24) is 5.32 Å². The molecule has 5 N–H and O–H groups in total. The molecule has 0 saturated heterocycles. The van der Waals surface area contributed by atoms with Crippen LogP contribution >= 0.6 is 0 Å². The molecule has 170 valence electrons. The van der Waals surface area contributed by atoms with E-state index < -0.39 is 22.1 Å². The largest absolute Gasteiger partial charge is 0.381 e. The topological polar surface area (TPSA) is 122 Å². The first-order valence-electron chi connectivity index (χ1n) is 9.69. The van der Waals surface area contributed by atoms with Crippen LogP contribution in [0.15, 0.2) is 78.9 Å². The van der Waals surface area contributed by atoms with E-state index in [4.69, 9.17) is 10.3 Å². The van der Waals surface area contributed by atoms with Crippen LogP contribution in [-0.2, 0) is 28.0 Å². The fraction of sp³-hybridized carbons (Fsp3) is 0.174. The van der Waals surface area contributed by atoms with E-state index in [2.05, 4.69) is 10.6 Å². The van der Waals surface area contributed by atoms with Crippen LogP contribution < -0.4 is 16.4 Å². The number of hydrogen-bond acceptors (Lipinski definition) is 5. The predicted octanol–water partition coefficient (Wildman–Crippen LogP) is 3.26. The van der Waals surface area contributed by atoms with Crippen LogP contribution in [0.25, 0.3) is 0 Å². The first kappa shape index (κ1) is 25.0. The number of carbonyl (C=O) groups excluding carboxylic acids is 1. The minimum Gasteiger partial charge on any atom is -0.381 e. The van der Waals surface area contributed by atoms with Crippen LogP contribution in [0.5, 0.6) is 0 Å². The van der Waals surface area contributed by atoms with Gasteiger partial charge in [0, 0.05) is 18.8 Å². The highest BCUT2D eigenvalue weighted by Gasteiger charge is 2.16. The molecule has 0 saturated carbocycles. The Bertz CT molecular complexity index is 1100. The molecule has 3 aromatic carbocycles. The molecular weight excluding hydrogens is 433 g/mol. The maximum atomic E-state index is 13.2. The van der Waals surface area contributed by atoms with E-state index in [1.807, 2.05) is 60.7 Å². The van der Waals surface area contributed by atoms with Crippen molar-refractivity contribution in [3.63, 3.8) is 0 Å². The molecule has 0 bridgehead atoms. The third-order valence-electron chi connectivity index (χ3n) is 4.27. The summed E-state index contributed by atoms with van der Waals surface area (Å²) in [5.74, 6) is -0.646. The zero-order valence-electron chi connectivity index (χ0n) is 17.5. The van der Waals surface area contributed by atoms with Gasteiger partial charge < -0.3 is 11.1 Å². The second-order valence-electron chi connectivity index (χ2n) is 7.04. The van der Waals surface area contributed by atoms with E-state index in [9.17, 15) is 17.6 Å². The monoisotopic (exact) mass is 459 g/mol. The minimum absolute atomic E-state index is 0.238. The molecule has 3 aromatic rings. The Kier molecular flexibility index (Phi) is 9.33. The van der Waals surface area contributed by atoms with Gasteiger partial charge in [-0.3, -0.25) is 14.7 Å². The molecule has 9 heteroatoms. The molecule has 1 unspecified atom stereocenters. The summed E-state index contributed by atoms with van der Waals surface area (Å²) < 4.78 is 39.1. The molecule has 0 aliphatic rings. The number of hydrogen-bond donors (Lipinski definition) is 4. The number of primary amides is 1. The smallest absolute Gasteiger partial charge is 0.261 e. The molecule has 1 atom stereocenters. The molecule has 7 nitrogen and oxygen atoms in total. The van der Waals surface area contributed by atoms with E-state index in [-0.39, 0.29) is 5.82 Å². The molecule has 0 aliphatic carbocycles. The summed E-state index contributed by atoms with van der Waals surface area (Å²) in [5, 5.41) is 6.46. The molecule has 0 aliphatic heterocycles. The maximum absolute atomic E-state index is 13.2. The lowest BCUT2D eigenvalue weighted by molar-refractivity contribution is -0.120. The van der Waals surface area contributed by atoms with E-state index in [0.717, 1.165) is 22.4 Å². The lowest BCUT2D eigenvalue weighted by Gasteiger charge is -2.16. The van der Waals surface area contributed by atoms with E-state index in [1.54, 1.807) is 6.07 Å². The van der Waals surface area contributed by atoms with Gasteiger partial charge in [0.15, 0.2) is 0 Å². The zero-order valence-corrected chi connectivity index (χ0v) is 18.3. The van der Waals surface area contributed by atoms with Gasteiger partial charge in [0.05, 0.1) is 6.26 Å². The molecule has 0 spiro atoms. The fourth-order valence-electron chi connectivity index (χ4n) is 2.84. The van der Waals surface area contributed by atoms with E-state index in [1.165, 1.54) is 12.1 Å². The van der Waals surface area contributed by atoms with E-state index >= 15 is 0 Å². The highest BCUT2D eigenvalue weighted by molar-refractivity contribution is 7.85. The van der Waals surface area contributed by atoms with Gasteiger partial charge in [0.2, 0.25) is 5.91 Å². The highest BCUT2D eigenvalue weighted by atomic mass is 32.2.